The van der Waals surface area contributed by atoms with Crippen molar-refractivity contribution in [3.63, 3.8) is 0 Å². The third kappa shape index (κ3) is 5.56. The fraction of sp³-hybridized carbons (Fsp3) is 0.222. The lowest BCUT2D eigenvalue weighted by molar-refractivity contribution is -0.123. The number of rotatable bonds is 6. The molecular formula is C18H19F2N3O2. The van der Waals surface area contributed by atoms with Gasteiger partial charge in [-0.2, -0.15) is 0 Å². The molecular weight excluding hydrogens is 328 g/mol. The molecule has 132 valence electrons. The Morgan fingerprint density at radius 2 is 1.68 bits per heavy atom. The Morgan fingerprint density at radius 1 is 1.04 bits per heavy atom. The second-order valence-corrected chi connectivity index (χ2v) is 5.68. The Morgan fingerprint density at radius 3 is 2.28 bits per heavy atom. The normalized spacial score (nSPS) is 12.9. The molecule has 0 saturated heterocycles. The number of primary amides is 1. The van der Waals surface area contributed by atoms with Gasteiger partial charge in [0.15, 0.2) is 0 Å². The first-order valence-electron chi connectivity index (χ1n) is 7.71. The van der Waals surface area contributed by atoms with Gasteiger partial charge in [-0.05, 0) is 48.7 Å². The van der Waals surface area contributed by atoms with Crippen LogP contribution in [0, 0.1) is 11.6 Å². The highest BCUT2D eigenvalue weighted by atomic mass is 19.1. The maximum absolute atomic E-state index is 13.6. The average molecular weight is 347 g/mol. The standard InChI is InChI=1S/C18H19F2N3O2/c1-11(22-18(21)25)17(24)23-16(13-5-3-7-15(20)10-13)9-12-4-2-6-14(19)8-12/h2-8,10-11,16H,9H2,1H3,(H,23,24)(H3,21,22,25)/t11-,16+/m0/s1. The maximum atomic E-state index is 13.6. The van der Waals surface area contributed by atoms with Crippen molar-refractivity contribution in [2.75, 3.05) is 0 Å². The smallest absolute Gasteiger partial charge is 0.312 e. The summed E-state index contributed by atoms with van der Waals surface area (Å²) in [7, 11) is 0. The van der Waals surface area contributed by atoms with Crippen molar-refractivity contribution in [2.24, 2.45) is 5.73 Å². The zero-order valence-electron chi connectivity index (χ0n) is 13.6. The summed E-state index contributed by atoms with van der Waals surface area (Å²) in [5, 5.41) is 5.01. The van der Waals surface area contributed by atoms with Gasteiger partial charge >= 0.3 is 6.03 Å². The molecule has 3 amide bonds. The van der Waals surface area contributed by atoms with Gasteiger partial charge in [-0.25, -0.2) is 13.6 Å². The summed E-state index contributed by atoms with van der Waals surface area (Å²) in [6, 6.07) is 9.46. The van der Waals surface area contributed by atoms with E-state index in [1.165, 1.54) is 37.3 Å². The number of nitrogens with one attached hydrogen (secondary N) is 2. The van der Waals surface area contributed by atoms with E-state index in [4.69, 9.17) is 5.73 Å². The SMILES string of the molecule is C[C@H](NC(N)=O)C(=O)N[C@H](Cc1cccc(F)c1)c1cccc(F)c1. The van der Waals surface area contributed by atoms with Crippen LogP contribution >= 0.6 is 0 Å². The first kappa shape index (κ1) is 18.4. The lowest BCUT2D eigenvalue weighted by atomic mass is 9.98. The molecule has 0 aromatic heterocycles. The number of nitrogens with two attached hydrogens (primary N) is 1. The van der Waals surface area contributed by atoms with E-state index >= 15 is 0 Å². The van der Waals surface area contributed by atoms with E-state index in [2.05, 4.69) is 10.6 Å². The lowest BCUT2D eigenvalue weighted by Gasteiger charge is -2.22. The molecule has 0 unspecified atom stereocenters. The van der Waals surface area contributed by atoms with Crippen LogP contribution < -0.4 is 16.4 Å². The molecule has 2 aromatic carbocycles. The molecule has 25 heavy (non-hydrogen) atoms. The van der Waals surface area contributed by atoms with Crippen molar-refractivity contribution >= 4 is 11.9 Å². The van der Waals surface area contributed by atoms with Gasteiger partial charge < -0.3 is 16.4 Å². The number of hydrogen-bond donors (Lipinski definition) is 3. The van der Waals surface area contributed by atoms with Gasteiger partial charge in [0.05, 0.1) is 6.04 Å². The van der Waals surface area contributed by atoms with Crippen LogP contribution in [0.4, 0.5) is 13.6 Å². The van der Waals surface area contributed by atoms with Gasteiger partial charge in [-0.1, -0.05) is 24.3 Å². The van der Waals surface area contributed by atoms with Crippen LogP contribution in [0.25, 0.3) is 0 Å². The monoisotopic (exact) mass is 347 g/mol. The van der Waals surface area contributed by atoms with Gasteiger partial charge in [0, 0.05) is 0 Å². The zero-order valence-corrected chi connectivity index (χ0v) is 13.6. The van der Waals surface area contributed by atoms with E-state index in [-0.39, 0.29) is 6.42 Å². The van der Waals surface area contributed by atoms with Crippen LogP contribution in [0.2, 0.25) is 0 Å². The Bertz CT molecular complexity index is 767. The quantitative estimate of drug-likeness (QED) is 0.750. The van der Waals surface area contributed by atoms with Crippen LogP contribution in [0.15, 0.2) is 48.5 Å². The molecule has 0 bridgehead atoms. The molecule has 7 heteroatoms. The first-order valence-corrected chi connectivity index (χ1v) is 7.71. The van der Waals surface area contributed by atoms with Gasteiger partial charge in [-0.15, -0.1) is 0 Å². The summed E-state index contributed by atoms with van der Waals surface area (Å²) >= 11 is 0. The largest absolute Gasteiger partial charge is 0.352 e. The summed E-state index contributed by atoms with van der Waals surface area (Å²) in [5.74, 6) is -1.32. The van der Waals surface area contributed by atoms with Crippen LogP contribution in [0.3, 0.4) is 0 Å². The number of amides is 3. The third-order valence-electron chi connectivity index (χ3n) is 3.65. The van der Waals surface area contributed by atoms with Crippen LogP contribution in [0.5, 0.6) is 0 Å². The maximum Gasteiger partial charge on any atom is 0.312 e. The molecule has 0 spiro atoms. The highest BCUT2D eigenvalue weighted by molar-refractivity contribution is 5.86. The molecule has 0 radical (unpaired) electrons. The Labute approximate surface area is 144 Å². The molecule has 4 N–H and O–H groups in total. The number of carbonyl (C=O) groups is 2. The summed E-state index contributed by atoms with van der Waals surface area (Å²) < 4.78 is 27.0. The Hall–Kier alpha value is -2.96. The molecule has 0 aliphatic heterocycles. The van der Waals surface area contributed by atoms with Gasteiger partial charge in [0.25, 0.3) is 0 Å². The average Bonchev–Trinajstić information content (AvgIpc) is 2.53. The number of carbonyl (C=O) groups excluding carboxylic acids is 2. The lowest BCUT2D eigenvalue weighted by Crippen LogP contribution is -2.47. The van der Waals surface area contributed by atoms with E-state index in [9.17, 15) is 18.4 Å². The minimum Gasteiger partial charge on any atom is -0.352 e. The molecule has 2 aromatic rings. The van der Waals surface area contributed by atoms with Crippen molar-refractivity contribution in [3.8, 4) is 0 Å². The molecule has 0 fully saturated rings. The molecule has 5 nitrogen and oxygen atoms in total. The van der Waals surface area contributed by atoms with Crippen molar-refractivity contribution < 1.29 is 18.4 Å². The summed E-state index contributed by atoms with van der Waals surface area (Å²) in [5.41, 5.74) is 6.19. The van der Waals surface area contributed by atoms with E-state index in [0.29, 0.717) is 11.1 Å². The van der Waals surface area contributed by atoms with Crippen LogP contribution in [0.1, 0.15) is 24.1 Å². The number of halogens is 2. The topological polar surface area (TPSA) is 84.2 Å². The number of urea groups is 1. The van der Waals surface area contributed by atoms with Gasteiger partial charge in [0.1, 0.15) is 17.7 Å². The summed E-state index contributed by atoms with van der Waals surface area (Å²) in [4.78, 5) is 23.1. The molecule has 2 rings (SSSR count). The molecule has 0 aliphatic rings. The fourth-order valence-electron chi connectivity index (χ4n) is 2.45. The Balaban J connectivity index is 2.23. The van der Waals surface area contributed by atoms with Crippen molar-refractivity contribution in [1.29, 1.82) is 0 Å². The highest BCUT2D eigenvalue weighted by Gasteiger charge is 2.20. The minimum absolute atomic E-state index is 0.260. The van der Waals surface area contributed by atoms with E-state index in [1.807, 2.05) is 0 Å². The molecule has 0 aliphatic carbocycles. The van der Waals surface area contributed by atoms with Crippen molar-refractivity contribution in [1.82, 2.24) is 10.6 Å². The number of benzene rings is 2. The van der Waals surface area contributed by atoms with E-state index in [1.54, 1.807) is 18.2 Å². The summed E-state index contributed by atoms with van der Waals surface area (Å²) in [6.45, 7) is 1.48. The second-order valence-electron chi connectivity index (χ2n) is 5.68. The molecule has 0 saturated carbocycles. The minimum atomic E-state index is -0.860. The second kappa shape index (κ2) is 8.23. The number of hydrogen-bond acceptors (Lipinski definition) is 2. The van der Waals surface area contributed by atoms with Gasteiger partial charge in [0.2, 0.25) is 5.91 Å². The predicted molar refractivity (Wildman–Crippen MR) is 89.6 cm³/mol. The molecule has 2 atom stereocenters. The van der Waals surface area contributed by atoms with Gasteiger partial charge in [-0.3, -0.25) is 4.79 Å². The third-order valence-corrected chi connectivity index (χ3v) is 3.65. The zero-order chi connectivity index (χ0) is 18.4. The predicted octanol–water partition coefficient (Wildman–Crippen LogP) is 2.42. The van der Waals surface area contributed by atoms with E-state index in [0.717, 1.165) is 0 Å². The molecule has 0 heterocycles. The van der Waals surface area contributed by atoms with E-state index < -0.39 is 35.7 Å². The van der Waals surface area contributed by atoms with Crippen molar-refractivity contribution in [3.05, 3.63) is 71.3 Å². The Kier molecular flexibility index (Phi) is 6.05. The fourth-order valence-corrected chi connectivity index (χ4v) is 2.45. The van der Waals surface area contributed by atoms with Crippen molar-refractivity contribution in [2.45, 2.75) is 25.4 Å². The first-order chi connectivity index (χ1) is 11.8. The van der Waals surface area contributed by atoms with Crippen LogP contribution in [-0.4, -0.2) is 18.0 Å². The summed E-state index contributed by atoms with van der Waals surface area (Å²) in [6.07, 6.45) is 0.260. The van der Waals surface area contributed by atoms with Crippen LogP contribution in [-0.2, 0) is 11.2 Å². The highest BCUT2D eigenvalue weighted by Crippen LogP contribution is 2.20.